The number of hydrogen-bond acceptors (Lipinski definition) is 6. The molecule has 0 radical (unpaired) electrons. The first-order valence-electron chi connectivity index (χ1n) is 3.86. The molecule has 0 aromatic carbocycles. The van der Waals surface area contributed by atoms with Gasteiger partial charge in [-0.05, 0) is 0 Å². The van der Waals surface area contributed by atoms with Crippen molar-refractivity contribution in [1.29, 1.82) is 0 Å². The maximum absolute atomic E-state index is 9.98. The van der Waals surface area contributed by atoms with Gasteiger partial charge in [-0.1, -0.05) is 0 Å². The predicted molar refractivity (Wildman–Crippen MR) is 39.1 cm³/mol. The molecule has 6 nitrogen and oxygen atoms in total. The fourth-order valence-electron chi connectivity index (χ4n) is 0.631. The van der Waals surface area contributed by atoms with Crippen LogP contribution in [-0.4, -0.2) is 57.7 Å². The molecule has 0 saturated carbocycles. The Bertz CT molecular complexity index is 158. The Morgan fingerprint density at radius 2 is 1.92 bits per heavy atom. The monoisotopic (exact) mass is 180 g/mol. The number of rotatable bonds is 6. The smallest absolute Gasteiger partial charge is 0.151 e. The van der Waals surface area contributed by atoms with Gasteiger partial charge in [0.1, 0.15) is 19.7 Å². The Morgan fingerprint density at radius 1 is 1.33 bits per heavy atom. The Balaban J connectivity index is 4.06. The summed E-state index contributed by atoms with van der Waals surface area (Å²) >= 11 is 0. The normalized spacial score (nSPS) is 22.2. The highest BCUT2D eigenvalue weighted by atomic mass is 16.4. The lowest BCUT2D eigenvalue weighted by Gasteiger charge is -2.22. The minimum absolute atomic E-state index is 0.0503. The molecule has 0 aromatic rings. The fourth-order valence-corrected chi connectivity index (χ4v) is 0.631. The molecule has 6 heteroatoms. The third kappa shape index (κ3) is 2.84. The molecule has 0 saturated heterocycles. The molecule has 0 bridgehead atoms. The third-order valence-corrected chi connectivity index (χ3v) is 1.44. The van der Waals surface area contributed by atoms with Gasteiger partial charge in [0.15, 0.2) is 6.29 Å². The first-order chi connectivity index (χ1) is 6.04. The molecule has 0 amide bonds. The Morgan fingerprint density at radius 3 is 2.33 bits per heavy atom. The van der Waals surface area contributed by atoms with Gasteiger partial charge < -0.3 is 30.9 Å². The van der Waals surface area contributed by atoms with Gasteiger partial charge in [-0.3, -0.25) is 0 Å². The molecule has 0 aromatic heterocycles. The molecule has 0 aliphatic heterocycles. The summed E-state index contributed by atoms with van der Waals surface area (Å²) < 4.78 is 6.48. The summed E-state index contributed by atoms with van der Waals surface area (Å²) in [5.41, 5.74) is 1.82. The van der Waals surface area contributed by atoms with Crippen molar-refractivity contribution in [2.24, 2.45) is 5.73 Å². The van der Waals surface area contributed by atoms with E-state index >= 15 is 0 Å². The lowest BCUT2D eigenvalue weighted by Crippen LogP contribution is -2.47. The average molecular weight is 180 g/mol. The summed E-state index contributed by atoms with van der Waals surface area (Å²) in [5.74, 6) is 0. The van der Waals surface area contributed by atoms with E-state index in [9.17, 15) is 4.79 Å². The van der Waals surface area contributed by atoms with Crippen LogP contribution in [-0.2, 0) is 4.79 Å². The molecular weight excluding hydrogens is 166 g/mol. The molecule has 4 atom stereocenters. The van der Waals surface area contributed by atoms with Crippen LogP contribution in [0.25, 0.3) is 0 Å². The summed E-state index contributed by atoms with van der Waals surface area (Å²) in [6.45, 7) is -0.274. The van der Waals surface area contributed by atoms with Crippen LogP contribution in [0.1, 0.15) is 0 Å². The van der Waals surface area contributed by atoms with Gasteiger partial charge in [0.25, 0.3) is 0 Å². The van der Waals surface area contributed by atoms with Gasteiger partial charge in [0.2, 0.25) is 0 Å². The molecule has 0 rings (SSSR count). The summed E-state index contributed by atoms with van der Waals surface area (Å²) in [4.78, 5) is 9.98. The van der Waals surface area contributed by atoms with E-state index in [0.717, 1.165) is 0 Å². The molecule has 72 valence electrons. The second-order valence-corrected chi connectivity index (χ2v) is 2.38. The van der Waals surface area contributed by atoms with Crippen LogP contribution >= 0.6 is 0 Å². The van der Waals surface area contributed by atoms with Gasteiger partial charge >= 0.3 is 0 Å². The molecule has 0 unspecified atom stereocenters. The van der Waals surface area contributed by atoms with E-state index < -0.39 is 24.4 Å². The van der Waals surface area contributed by atoms with Gasteiger partial charge in [-0.25, -0.2) is 0 Å². The molecule has 0 heterocycles. The number of aliphatic hydroxyl groups excluding tert-OH is 4. The second-order valence-electron chi connectivity index (χ2n) is 2.38. The highest BCUT2D eigenvalue weighted by molar-refractivity contribution is 5.56. The van der Waals surface area contributed by atoms with Crippen LogP contribution < -0.4 is 5.73 Å². The molecule has 0 spiro atoms. The highest BCUT2D eigenvalue weighted by Crippen LogP contribution is 2.02. The maximum atomic E-state index is 9.98. The van der Waals surface area contributed by atoms with Crippen molar-refractivity contribution in [2.75, 3.05) is 6.54 Å². The number of nitrogens with two attached hydrogens (primary N) is 1. The summed E-state index contributed by atoms with van der Waals surface area (Å²) in [5, 5.41) is 35.9. The molecule has 0 aliphatic rings. The SMILES string of the molecule is [2H]NC[C@@H](O)[C@@H](O)[C@H](O)[C@@H](O)C=O. The van der Waals surface area contributed by atoms with E-state index in [2.05, 4.69) is 0 Å². The lowest BCUT2D eigenvalue weighted by atomic mass is 10.0. The lowest BCUT2D eigenvalue weighted by molar-refractivity contribution is -0.132. The zero-order valence-corrected chi connectivity index (χ0v) is 6.29. The van der Waals surface area contributed by atoms with Crippen LogP contribution in [0.2, 0.25) is 1.41 Å². The third-order valence-electron chi connectivity index (χ3n) is 1.44. The summed E-state index contributed by atoms with van der Waals surface area (Å²) in [6, 6.07) is 0. The van der Waals surface area contributed by atoms with Crippen LogP contribution in [0.15, 0.2) is 0 Å². The molecule has 0 aliphatic carbocycles. The van der Waals surface area contributed by atoms with Gasteiger partial charge in [0.05, 0.1) is 6.10 Å². The van der Waals surface area contributed by atoms with E-state index in [-0.39, 0.29) is 12.8 Å². The van der Waals surface area contributed by atoms with Crippen molar-refractivity contribution in [3.05, 3.63) is 0 Å². The van der Waals surface area contributed by atoms with Crippen LogP contribution in [0.4, 0.5) is 0 Å². The number of carbonyl (C=O) groups excluding carboxylic acids is 1. The van der Waals surface area contributed by atoms with Gasteiger partial charge in [-0.15, -0.1) is 0 Å². The largest absolute Gasteiger partial charge is 0.389 e. The second kappa shape index (κ2) is 5.18. The average Bonchev–Trinajstić information content (AvgIpc) is 2.14. The van der Waals surface area contributed by atoms with Gasteiger partial charge in [0, 0.05) is 6.54 Å². The fraction of sp³-hybridized carbons (Fsp3) is 0.833. The Hall–Kier alpha value is -0.530. The molecule has 6 N–H and O–H groups in total. The van der Waals surface area contributed by atoms with E-state index in [1.165, 1.54) is 0 Å². The summed E-state index contributed by atoms with van der Waals surface area (Å²) in [6.07, 6.45) is -6.52. The Kier molecular flexibility index (Phi) is 4.12. The topological polar surface area (TPSA) is 124 Å². The standard InChI is InChI=1S/C6H13NO5/c7-1-3(9)5(11)6(12)4(10)2-8/h2-6,9-12H,1,7H2/t3-,4+,5-,6-/m1/s1/i/hD. The molecular formula is C6H13NO5. The number of aldehydes is 1. The number of aliphatic hydroxyl groups is 4. The molecule has 12 heavy (non-hydrogen) atoms. The first-order valence-corrected chi connectivity index (χ1v) is 3.36. The van der Waals surface area contributed by atoms with E-state index in [1.807, 2.05) is 5.73 Å². The van der Waals surface area contributed by atoms with E-state index in [0.29, 0.717) is 0 Å². The Labute approximate surface area is 70.7 Å². The van der Waals surface area contributed by atoms with Crippen LogP contribution in [0.5, 0.6) is 0 Å². The van der Waals surface area contributed by atoms with Gasteiger partial charge in [-0.2, -0.15) is 0 Å². The van der Waals surface area contributed by atoms with Crippen molar-refractivity contribution >= 4 is 6.29 Å². The van der Waals surface area contributed by atoms with Crippen LogP contribution in [0, 0.1) is 0 Å². The zero-order chi connectivity index (χ0) is 10.4. The minimum Gasteiger partial charge on any atom is -0.389 e. The minimum atomic E-state index is -1.75. The predicted octanol–water partition coefficient (Wildman–Crippen LogP) is -3.41. The zero-order valence-electron chi connectivity index (χ0n) is 7.29. The van der Waals surface area contributed by atoms with Crippen molar-refractivity contribution in [2.45, 2.75) is 24.4 Å². The first kappa shape index (κ1) is 9.56. The summed E-state index contributed by atoms with van der Waals surface area (Å²) in [7, 11) is 0. The molecule has 0 fully saturated rings. The number of hydrogen-bond donors (Lipinski definition) is 5. The highest BCUT2D eigenvalue weighted by Gasteiger charge is 2.29. The van der Waals surface area contributed by atoms with Crippen molar-refractivity contribution in [1.82, 2.24) is 0 Å². The maximum Gasteiger partial charge on any atom is 0.151 e. The van der Waals surface area contributed by atoms with E-state index in [1.54, 1.807) is 0 Å². The van der Waals surface area contributed by atoms with Crippen molar-refractivity contribution in [3.8, 4) is 0 Å². The van der Waals surface area contributed by atoms with Crippen molar-refractivity contribution in [3.63, 3.8) is 0 Å². The quantitative estimate of drug-likeness (QED) is 0.271. The number of carbonyl (C=O) groups is 1. The van der Waals surface area contributed by atoms with Crippen molar-refractivity contribution < 1.29 is 26.6 Å². The van der Waals surface area contributed by atoms with E-state index in [4.69, 9.17) is 21.8 Å². The van der Waals surface area contributed by atoms with Crippen LogP contribution in [0.3, 0.4) is 0 Å².